The predicted octanol–water partition coefficient (Wildman–Crippen LogP) is 9.70. The van der Waals surface area contributed by atoms with Gasteiger partial charge in [0.1, 0.15) is 0 Å². The lowest BCUT2D eigenvalue weighted by atomic mass is 9.32. The van der Waals surface area contributed by atoms with Crippen molar-refractivity contribution in [1.29, 1.82) is 0 Å². The molecule has 7 nitrogen and oxygen atoms in total. The van der Waals surface area contributed by atoms with E-state index < -0.39 is 44.4 Å². The van der Waals surface area contributed by atoms with E-state index in [9.17, 15) is 15.0 Å². The molecule has 0 radical (unpaired) electrons. The summed E-state index contributed by atoms with van der Waals surface area (Å²) in [6.45, 7) is 16.4. The van der Waals surface area contributed by atoms with Crippen molar-refractivity contribution < 1.29 is 29.3 Å². The minimum Gasteiger partial charge on any atom is -0.448 e. The maximum absolute atomic E-state index is 15.6. The maximum Gasteiger partial charge on any atom is 0.313 e. The van der Waals surface area contributed by atoms with Gasteiger partial charge in [0.2, 0.25) is 0 Å². The molecule has 1 aliphatic heterocycles. The summed E-state index contributed by atoms with van der Waals surface area (Å²) in [6.07, 6.45) is 16.5. The number of esters is 1. The van der Waals surface area contributed by atoms with Gasteiger partial charge in [-0.05, 0) is 142 Å². The summed E-state index contributed by atoms with van der Waals surface area (Å²) in [5.41, 5.74) is -4.47. The summed E-state index contributed by atoms with van der Waals surface area (Å²) in [5.74, 6) is 1.46. The van der Waals surface area contributed by atoms with E-state index in [1.807, 2.05) is 37.8 Å². The summed E-state index contributed by atoms with van der Waals surface area (Å²) < 4.78 is 7.40. The highest BCUT2D eigenvalue weighted by Crippen LogP contribution is 2.79. The number of hydrogen-bond acceptors (Lipinski definition) is 7. The molecule has 6 bridgehead atoms. The normalized spacial score (nSPS) is 47.8. The van der Waals surface area contributed by atoms with Gasteiger partial charge in [0.25, 0.3) is 5.91 Å². The maximum atomic E-state index is 15.6. The minimum absolute atomic E-state index is 0.0202. The van der Waals surface area contributed by atoms with Crippen molar-refractivity contribution in [2.45, 2.75) is 143 Å². The van der Waals surface area contributed by atoms with Crippen molar-refractivity contribution in [2.24, 2.45) is 67.5 Å². The zero-order valence-corrected chi connectivity index (χ0v) is 37.2. The molecule has 59 heavy (non-hydrogen) atoms. The third-order valence-electron chi connectivity index (χ3n) is 21.2. The predicted molar refractivity (Wildman–Crippen MR) is 229 cm³/mol. The van der Waals surface area contributed by atoms with Crippen LogP contribution in [0.25, 0.3) is 10.1 Å². The van der Waals surface area contributed by atoms with Gasteiger partial charge in [-0.15, -0.1) is 11.3 Å². The number of ether oxygens (including phenoxy) is 1. The molecular formula is C51H65NO6S. The zero-order chi connectivity index (χ0) is 41.6. The van der Waals surface area contributed by atoms with Gasteiger partial charge in [-0.2, -0.15) is 0 Å². The number of ketones is 1. The zero-order valence-electron chi connectivity index (χ0n) is 36.4. The molecule has 2 heterocycles. The molecule has 11 aliphatic rings. The molecule has 1 amide bonds. The van der Waals surface area contributed by atoms with E-state index >= 15 is 9.59 Å². The van der Waals surface area contributed by atoms with Gasteiger partial charge >= 0.3 is 5.97 Å². The van der Waals surface area contributed by atoms with Crippen LogP contribution in [0.1, 0.15) is 135 Å². The fourth-order valence-electron chi connectivity index (χ4n) is 16.8. The number of nitrogens with zero attached hydrogens (tertiary/aromatic N) is 1. The van der Waals surface area contributed by atoms with E-state index in [0.717, 1.165) is 65.0 Å². The molecule has 1 saturated heterocycles. The first-order valence-corrected chi connectivity index (χ1v) is 23.9. The lowest BCUT2D eigenvalue weighted by Crippen LogP contribution is -2.68. The molecule has 2 N–H and O–H groups in total. The van der Waals surface area contributed by atoms with Gasteiger partial charge in [0, 0.05) is 38.5 Å². The molecule has 13 rings (SSSR count). The lowest BCUT2D eigenvalue weighted by molar-refractivity contribution is -0.190. The Bertz CT molecular complexity index is 2240. The van der Waals surface area contributed by atoms with Gasteiger partial charge < -0.3 is 19.8 Å². The number of allylic oxidation sites excluding steroid dienone is 4. The summed E-state index contributed by atoms with van der Waals surface area (Å²) in [7, 11) is 0. The highest BCUT2D eigenvalue weighted by molar-refractivity contribution is 7.21. The fourth-order valence-corrected chi connectivity index (χ4v) is 17.8. The van der Waals surface area contributed by atoms with Gasteiger partial charge in [0.05, 0.1) is 28.5 Å². The number of thiophene rings is 1. The molecule has 1 aromatic heterocycles. The van der Waals surface area contributed by atoms with Gasteiger partial charge in [0.15, 0.2) is 11.4 Å². The number of Topliss-reactive ketones (excluding diaryl/α,β-unsaturated/α-hetero) is 1. The van der Waals surface area contributed by atoms with E-state index in [1.54, 1.807) is 11.3 Å². The molecule has 8 fully saturated rings. The lowest BCUT2D eigenvalue weighted by Gasteiger charge is -2.71. The number of rotatable bonds is 7. The highest BCUT2D eigenvalue weighted by atomic mass is 32.1. The van der Waals surface area contributed by atoms with Gasteiger partial charge in [-0.1, -0.05) is 78.0 Å². The smallest absolute Gasteiger partial charge is 0.313 e. The van der Waals surface area contributed by atoms with E-state index in [1.165, 1.54) is 12.8 Å². The van der Waals surface area contributed by atoms with Crippen LogP contribution in [0.3, 0.4) is 0 Å². The van der Waals surface area contributed by atoms with E-state index in [2.05, 4.69) is 64.1 Å². The Morgan fingerprint density at radius 1 is 0.881 bits per heavy atom. The van der Waals surface area contributed by atoms with Gasteiger partial charge in [-0.25, -0.2) is 0 Å². The first-order chi connectivity index (χ1) is 27.7. The first kappa shape index (κ1) is 39.1. The highest BCUT2D eigenvalue weighted by Gasteiger charge is 2.78. The summed E-state index contributed by atoms with van der Waals surface area (Å²) in [4.78, 5) is 47.2. The van der Waals surface area contributed by atoms with Crippen LogP contribution in [0.5, 0.6) is 0 Å². The van der Waals surface area contributed by atoms with Crippen molar-refractivity contribution in [1.82, 2.24) is 4.90 Å². The molecule has 2 spiro atoms. The minimum atomic E-state index is -1.25. The van der Waals surface area contributed by atoms with E-state index in [-0.39, 0.29) is 46.9 Å². The van der Waals surface area contributed by atoms with Crippen molar-refractivity contribution in [3.05, 3.63) is 59.0 Å². The molecular weight excluding hydrogens is 755 g/mol. The average Bonchev–Trinajstić information content (AvgIpc) is 3.85. The quantitative estimate of drug-likeness (QED) is 0.164. The van der Waals surface area contributed by atoms with Crippen LogP contribution in [-0.4, -0.2) is 63.2 Å². The Labute approximate surface area is 354 Å². The molecule has 7 saturated carbocycles. The van der Waals surface area contributed by atoms with Gasteiger partial charge in [-0.3, -0.25) is 14.4 Å². The van der Waals surface area contributed by atoms with Crippen LogP contribution in [0, 0.1) is 67.5 Å². The van der Waals surface area contributed by atoms with E-state index in [0.29, 0.717) is 44.1 Å². The number of carbonyl (C=O) groups is 3. The topological polar surface area (TPSA) is 104 Å². The molecule has 13 atom stereocenters. The number of aliphatic hydroxyl groups is 2. The van der Waals surface area contributed by atoms with Crippen LogP contribution >= 0.6 is 11.3 Å². The summed E-state index contributed by atoms with van der Waals surface area (Å²) >= 11 is 1.57. The molecule has 2 aromatic rings. The average molecular weight is 820 g/mol. The molecule has 316 valence electrons. The van der Waals surface area contributed by atoms with Crippen LogP contribution in [-0.2, 0) is 14.3 Å². The molecule has 10 aliphatic carbocycles. The second kappa shape index (κ2) is 11.8. The number of carbonyl (C=O) groups excluding carboxylic acids is 3. The third-order valence-corrected chi connectivity index (χ3v) is 22.3. The second-order valence-corrected chi connectivity index (χ2v) is 24.4. The summed E-state index contributed by atoms with van der Waals surface area (Å²) in [6, 6.07) is 10.3. The fraction of sp³-hybridized carbons (Fsp3) is 0.706. The van der Waals surface area contributed by atoms with Crippen molar-refractivity contribution in [3.8, 4) is 0 Å². The second-order valence-electron chi connectivity index (χ2n) is 23.3. The Kier molecular flexibility index (Phi) is 7.81. The Morgan fingerprint density at radius 2 is 1.61 bits per heavy atom. The van der Waals surface area contributed by atoms with Crippen molar-refractivity contribution in [2.75, 3.05) is 13.1 Å². The van der Waals surface area contributed by atoms with Crippen molar-refractivity contribution in [3.63, 3.8) is 0 Å². The number of aliphatic hydroxyl groups excluding tert-OH is 1. The Hall–Kier alpha value is -2.81. The van der Waals surface area contributed by atoms with E-state index in [4.69, 9.17) is 4.74 Å². The van der Waals surface area contributed by atoms with Crippen LogP contribution in [0.4, 0.5) is 0 Å². The Morgan fingerprint density at radius 3 is 2.31 bits per heavy atom. The summed E-state index contributed by atoms with van der Waals surface area (Å²) in [5, 5.41) is 25.9. The standard InChI is InChI=1S/C51H65NO6S/c1-43(2)32-13-12-31(34(43)25-32)28-52(41(55)51-23-20-47(7,42(56)58-51)44(51,3)4)29-49(57)19-16-39-46(49,6)18-15-38-45(5)17-14-33(53)26-48(45)21-22-50(38,39)35(27-48)40(54)37-24-30-10-8-9-11-36(30)59-37/h8-11,21-22,24,27,31-34,38-39,53,57H,12-20,23,25-26,28-29H2,1-7H3/t31-,32-,33?,34-,38+,39+,45+,46-,47-,48-,49+,50+,51+/m0/s1. The SMILES string of the molecule is CC1(C)[C@H]2CC[C@@H](CN(C[C@]3(O)CC[C@H]4[C@]56C=C[C@@]7(C=C5C(=O)c5cc8ccccc8s5)CC(O)CC[C@]7(C)[C@H]6CC[C@@]43C)C(=O)[C@@]34CC[C@@](C)(C(=O)O3)C4(C)C)[C@@H]1C2. The number of fused-ring (bicyclic) bond motifs is 6. The monoisotopic (exact) mass is 819 g/mol. The van der Waals surface area contributed by atoms with Crippen molar-refractivity contribution >= 4 is 39.1 Å². The molecule has 1 aromatic carbocycles. The first-order valence-electron chi connectivity index (χ1n) is 23.1. The number of hydrogen-bond donors (Lipinski definition) is 2. The van der Waals surface area contributed by atoms with Crippen LogP contribution in [0.2, 0.25) is 0 Å². The molecule has 1 unspecified atom stereocenters. The molecule has 8 heteroatoms. The van der Waals surface area contributed by atoms with Crippen LogP contribution < -0.4 is 0 Å². The number of benzene rings is 1. The number of amides is 1. The largest absolute Gasteiger partial charge is 0.448 e. The third kappa shape index (κ3) is 4.46. The Balaban J connectivity index is 0.999. The van der Waals surface area contributed by atoms with Crippen LogP contribution in [0.15, 0.2) is 54.1 Å².